The third kappa shape index (κ3) is 3.97. The maximum Gasteiger partial charge on any atom is 0.323 e. The number of hydrogen-bond donors (Lipinski definition) is 6. The molecule has 32 heavy (non-hydrogen) atoms. The molecular formula is C24H20N6O2. The molecule has 5 rings (SSSR count). The summed E-state index contributed by atoms with van der Waals surface area (Å²) in [5, 5.41) is 13.3. The number of hydrogen-bond acceptors (Lipinski definition) is 2. The molecule has 8 heteroatoms. The molecule has 0 aliphatic carbocycles. The molecule has 0 saturated carbocycles. The number of urea groups is 2. The minimum absolute atomic E-state index is 0.357. The predicted molar refractivity (Wildman–Crippen MR) is 128 cm³/mol. The first-order valence-electron chi connectivity index (χ1n) is 10.0. The van der Waals surface area contributed by atoms with Gasteiger partial charge in [-0.25, -0.2) is 9.59 Å². The lowest BCUT2D eigenvalue weighted by atomic mass is 10.2. The van der Waals surface area contributed by atoms with Crippen molar-refractivity contribution in [2.75, 3.05) is 21.3 Å². The number of benzene rings is 3. The highest BCUT2D eigenvalue weighted by atomic mass is 16.2. The van der Waals surface area contributed by atoms with Gasteiger partial charge in [-0.05, 0) is 48.5 Å². The number of aromatic nitrogens is 2. The van der Waals surface area contributed by atoms with E-state index in [4.69, 9.17) is 0 Å². The van der Waals surface area contributed by atoms with Crippen LogP contribution >= 0.6 is 0 Å². The average molecular weight is 424 g/mol. The van der Waals surface area contributed by atoms with Gasteiger partial charge in [0.2, 0.25) is 0 Å². The molecule has 0 radical (unpaired) electrons. The fourth-order valence-electron chi connectivity index (χ4n) is 3.58. The summed E-state index contributed by atoms with van der Waals surface area (Å²) in [6.45, 7) is 0. The summed E-state index contributed by atoms with van der Waals surface area (Å²) < 4.78 is 0. The third-order valence-corrected chi connectivity index (χ3v) is 5.07. The molecule has 158 valence electrons. The van der Waals surface area contributed by atoms with Gasteiger partial charge >= 0.3 is 12.1 Å². The standard InChI is InChI=1S/C24H20N6O2/c31-23(29-19-5-1-3-15-11-13-25-21(15)19)27-17-7-9-18(10-8-17)28-24(32)30-20-6-2-4-16-12-14-26-22(16)20/h1-14,25-26H,(H2,27,29,31)(H2,28,30,32). The van der Waals surface area contributed by atoms with Crippen molar-refractivity contribution >= 4 is 56.6 Å². The smallest absolute Gasteiger partial charge is 0.323 e. The third-order valence-electron chi connectivity index (χ3n) is 5.07. The highest BCUT2D eigenvalue weighted by Gasteiger charge is 2.09. The Morgan fingerprint density at radius 3 is 1.41 bits per heavy atom. The molecule has 0 unspecified atom stereocenters. The van der Waals surface area contributed by atoms with Crippen molar-refractivity contribution in [2.45, 2.75) is 0 Å². The quantitative estimate of drug-likeness (QED) is 0.214. The topological polar surface area (TPSA) is 114 Å². The van der Waals surface area contributed by atoms with Crippen LogP contribution in [0.1, 0.15) is 0 Å². The molecular weight excluding hydrogens is 404 g/mol. The lowest BCUT2D eigenvalue weighted by Gasteiger charge is -2.11. The van der Waals surface area contributed by atoms with Gasteiger partial charge < -0.3 is 31.2 Å². The SMILES string of the molecule is O=C(Nc1ccc(NC(=O)Nc2cccc3cc[nH]c23)cc1)Nc1cccc2cc[nH]c12. The van der Waals surface area contributed by atoms with Crippen molar-refractivity contribution in [2.24, 2.45) is 0 Å². The van der Waals surface area contributed by atoms with Crippen LogP contribution in [0.5, 0.6) is 0 Å². The Labute approximate surface area is 183 Å². The van der Waals surface area contributed by atoms with Crippen LogP contribution in [-0.4, -0.2) is 22.0 Å². The normalized spacial score (nSPS) is 10.8. The van der Waals surface area contributed by atoms with Crippen molar-refractivity contribution in [3.63, 3.8) is 0 Å². The first kappa shape index (κ1) is 19.3. The molecule has 2 aromatic heterocycles. The van der Waals surface area contributed by atoms with Crippen molar-refractivity contribution in [1.29, 1.82) is 0 Å². The first-order chi connectivity index (χ1) is 15.7. The number of nitrogens with one attached hydrogen (secondary N) is 6. The van der Waals surface area contributed by atoms with Crippen LogP contribution in [0.15, 0.2) is 85.2 Å². The van der Waals surface area contributed by atoms with Crippen LogP contribution in [0.2, 0.25) is 0 Å². The summed E-state index contributed by atoms with van der Waals surface area (Å²) in [5.41, 5.74) is 4.31. The molecule has 0 aliphatic rings. The van der Waals surface area contributed by atoms with E-state index in [1.54, 1.807) is 24.3 Å². The molecule has 4 amide bonds. The number of anilines is 4. The summed E-state index contributed by atoms with van der Waals surface area (Å²) >= 11 is 0. The Balaban J connectivity index is 1.19. The number of carbonyl (C=O) groups is 2. The second kappa shape index (κ2) is 8.19. The van der Waals surface area contributed by atoms with Crippen LogP contribution < -0.4 is 21.3 Å². The minimum Gasteiger partial charge on any atom is -0.359 e. The van der Waals surface area contributed by atoms with Crippen molar-refractivity contribution in [1.82, 2.24) is 9.97 Å². The van der Waals surface area contributed by atoms with Gasteiger partial charge in [-0.2, -0.15) is 0 Å². The van der Waals surface area contributed by atoms with E-state index in [2.05, 4.69) is 31.2 Å². The molecule has 5 aromatic rings. The highest BCUT2D eigenvalue weighted by molar-refractivity contribution is 6.06. The monoisotopic (exact) mass is 424 g/mol. The summed E-state index contributed by atoms with van der Waals surface area (Å²) in [7, 11) is 0. The molecule has 0 saturated heterocycles. The Hall–Kier alpha value is -4.72. The number of aromatic amines is 2. The van der Waals surface area contributed by atoms with Crippen LogP contribution in [0.25, 0.3) is 21.8 Å². The molecule has 0 fully saturated rings. The van der Waals surface area contributed by atoms with Crippen LogP contribution in [0.4, 0.5) is 32.3 Å². The van der Waals surface area contributed by atoms with Crippen LogP contribution in [0.3, 0.4) is 0 Å². The zero-order valence-corrected chi connectivity index (χ0v) is 16.9. The number of amides is 4. The number of para-hydroxylation sites is 2. The maximum absolute atomic E-state index is 12.4. The van der Waals surface area contributed by atoms with Crippen molar-refractivity contribution in [3.8, 4) is 0 Å². The number of fused-ring (bicyclic) bond motifs is 2. The average Bonchev–Trinajstić information content (AvgIpc) is 3.45. The zero-order valence-electron chi connectivity index (χ0n) is 16.9. The lowest BCUT2D eigenvalue weighted by Crippen LogP contribution is -2.20. The van der Waals surface area contributed by atoms with E-state index < -0.39 is 0 Å². The molecule has 0 bridgehead atoms. The van der Waals surface area contributed by atoms with E-state index in [1.807, 2.05) is 60.9 Å². The molecule has 0 spiro atoms. The fraction of sp³-hybridized carbons (Fsp3) is 0. The predicted octanol–water partition coefficient (Wildman–Crippen LogP) is 5.94. The summed E-state index contributed by atoms with van der Waals surface area (Å²) in [5.74, 6) is 0. The molecule has 2 heterocycles. The largest absolute Gasteiger partial charge is 0.359 e. The number of carbonyl (C=O) groups excluding carboxylic acids is 2. The van der Waals surface area contributed by atoms with Gasteiger partial charge in [0, 0.05) is 34.5 Å². The molecule has 0 aliphatic heterocycles. The molecule has 8 nitrogen and oxygen atoms in total. The van der Waals surface area contributed by atoms with E-state index >= 15 is 0 Å². The molecule has 6 N–H and O–H groups in total. The van der Waals surface area contributed by atoms with E-state index in [0.29, 0.717) is 22.7 Å². The van der Waals surface area contributed by atoms with E-state index in [1.165, 1.54) is 0 Å². The summed E-state index contributed by atoms with van der Waals surface area (Å²) in [6.07, 6.45) is 3.66. The van der Waals surface area contributed by atoms with Gasteiger partial charge in [0.25, 0.3) is 0 Å². The van der Waals surface area contributed by atoms with Gasteiger partial charge in [-0.3, -0.25) is 0 Å². The van der Waals surface area contributed by atoms with E-state index in [-0.39, 0.29) is 12.1 Å². The summed E-state index contributed by atoms with van der Waals surface area (Å²) in [4.78, 5) is 31.0. The number of rotatable bonds is 4. The fourth-order valence-corrected chi connectivity index (χ4v) is 3.58. The van der Waals surface area contributed by atoms with E-state index in [0.717, 1.165) is 21.8 Å². The Kier molecular flexibility index (Phi) is 4.93. The molecule has 3 aromatic carbocycles. The number of H-pyrrole nitrogens is 2. The Morgan fingerprint density at radius 1 is 0.531 bits per heavy atom. The maximum atomic E-state index is 12.4. The minimum atomic E-state index is -0.357. The van der Waals surface area contributed by atoms with Gasteiger partial charge in [0.05, 0.1) is 22.4 Å². The van der Waals surface area contributed by atoms with Gasteiger partial charge in [0.15, 0.2) is 0 Å². The van der Waals surface area contributed by atoms with Crippen LogP contribution in [-0.2, 0) is 0 Å². The van der Waals surface area contributed by atoms with Crippen LogP contribution in [0, 0.1) is 0 Å². The Bertz CT molecular complexity index is 1310. The Morgan fingerprint density at radius 2 is 0.969 bits per heavy atom. The highest BCUT2D eigenvalue weighted by Crippen LogP contribution is 2.23. The van der Waals surface area contributed by atoms with E-state index in [9.17, 15) is 9.59 Å². The van der Waals surface area contributed by atoms with Gasteiger partial charge in [-0.1, -0.05) is 24.3 Å². The second-order valence-corrected chi connectivity index (χ2v) is 7.23. The zero-order chi connectivity index (χ0) is 21.9. The second-order valence-electron chi connectivity index (χ2n) is 7.23. The van der Waals surface area contributed by atoms with Crippen molar-refractivity contribution < 1.29 is 9.59 Å². The lowest BCUT2D eigenvalue weighted by molar-refractivity contribution is 0.261. The summed E-state index contributed by atoms with van der Waals surface area (Å²) in [6, 6.07) is 21.4. The molecule has 0 atom stereocenters. The van der Waals surface area contributed by atoms with Gasteiger partial charge in [-0.15, -0.1) is 0 Å². The van der Waals surface area contributed by atoms with Crippen molar-refractivity contribution in [3.05, 3.63) is 85.2 Å². The van der Waals surface area contributed by atoms with Gasteiger partial charge in [0.1, 0.15) is 0 Å². The first-order valence-corrected chi connectivity index (χ1v) is 10.0.